The van der Waals surface area contributed by atoms with Crippen LogP contribution in [0.2, 0.25) is 5.02 Å². The number of aromatic nitrogens is 2. The molecule has 0 radical (unpaired) electrons. The maximum absolute atomic E-state index is 12.4. The molecule has 0 aliphatic carbocycles. The van der Waals surface area contributed by atoms with E-state index in [1.165, 1.54) is 0 Å². The van der Waals surface area contributed by atoms with Crippen LogP contribution in [-0.2, 0) is 11.3 Å². The van der Waals surface area contributed by atoms with Gasteiger partial charge in [-0.25, -0.2) is 0 Å². The van der Waals surface area contributed by atoms with Crippen LogP contribution in [-0.4, -0.2) is 41.6 Å². The first-order chi connectivity index (χ1) is 13.5. The minimum absolute atomic E-state index is 0.0683. The van der Waals surface area contributed by atoms with Crippen molar-refractivity contribution in [2.24, 2.45) is 0 Å². The lowest BCUT2D eigenvalue weighted by Crippen LogP contribution is -2.24. The number of halogens is 1. The summed E-state index contributed by atoms with van der Waals surface area (Å²) in [4.78, 5) is 20.8. The standard InChI is InChI=1S/C21H21ClN4O2/c1-25(2)18-8-4-6-15(10-18)21-23-20(24-28-21)16-11-19(27)26(13-16)12-14-5-3-7-17(22)9-14/h3-10,16H,11-13H2,1-2H3. The summed E-state index contributed by atoms with van der Waals surface area (Å²) >= 11 is 6.04. The summed E-state index contributed by atoms with van der Waals surface area (Å²) in [6, 6.07) is 15.5. The molecular formula is C21H21ClN4O2. The third kappa shape index (κ3) is 3.87. The van der Waals surface area contributed by atoms with E-state index in [-0.39, 0.29) is 11.8 Å². The topological polar surface area (TPSA) is 62.5 Å². The zero-order chi connectivity index (χ0) is 19.7. The van der Waals surface area contributed by atoms with Gasteiger partial charge in [-0.05, 0) is 35.9 Å². The van der Waals surface area contributed by atoms with Crippen molar-refractivity contribution >= 4 is 23.2 Å². The maximum atomic E-state index is 12.4. The first-order valence-corrected chi connectivity index (χ1v) is 9.51. The minimum Gasteiger partial charge on any atom is -0.378 e. The number of hydrogen-bond acceptors (Lipinski definition) is 5. The van der Waals surface area contributed by atoms with Crippen molar-refractivity contribution < 1.29 is 9.32 Å². The van der Waals surface area contributed by atoms with Crippen LogP contribution in [0.25, 0.3) is 11.5 Å². The van der Waals surface area contributed by atoms with Gasteiger partial charge in [0, 0.05) is 55.8 Å². The molecule has 2 aromatic carbocycles. The molecule has 1 unspecified atom stereocenters. The first kappa shape index (κ1) is 18.5. The molecule has 6 nitrogen and oxygen atoms in total. The predicted octanol–water partition coefficient (Wildman–Crippen LogP) is 3.97. The first-order valence-electron chi connectivity index (χ1n) is 9.13. The van der Waals surface area contributed by atoms with Crippen molar-refractivity contribution in [3.8, 4) is 11.5 Å². The molecule has 1 amide bonds. The maximum Gasteiger partial charge on any atom is 0.258 e. The summed E-state index contributed by atoms with van der Waals surface area (Å²) in [5.74, 6) is 1.07. The van der Waals surface area contributed by atoms with Crippen LogP contribution in [0.15, 0.2) is 53.1 Å². The van der Waals surface area contributed by atoms with E-state index >= 15 is 0 Å². The fraction of sp³-hybridized carbons (Fsp3) is 0.286. The van der Waals surface area contributed by atoms with Crippen molar-refractivity contribution in [3.05, 3.63) is 64.9 Å². The Morgan fingerprint density at radius 1 is 1.21 bits per heavy atom. The number of anilines is 1. The molecule has 2 heterocycles. The van der Waals surface area contributed by atoms with Gasteiger partial charge < -0.3 is 14.3 Å². The van der Waals surface area contributed by atoms with Gasteiger partial charge in [-0.3, -0.25) is 4.79 Å². The van der Waals surface area contributed by atoms with E-state index in [9.17, 15) is 4.79 Å². The molecule has 0 N–H and O–H groups in total. The van der Waals surface area contributed by atoms with E-state index in [0.29, 0.717) is 36.2 Å². The second-order valence-electron chi connectivity index (χ2n) is 7.21. The molecule has 28 heavy (non-hydrogen) atoms. The van der Waals surface area contributed by atoms with Crippen molar-refractivity contribution in [1.29, 1.82) is 0 Å². The molecule has 1 fully saturated rings. The van der Waals surface area contributed by atoms with Crippen LogP contribution < -0.4 is 4.90 Å². The second kappa shape index (κ2) is 7.64. The summed E-state index contributed by atoms with van der Waals surface area (Å²) in [6.45, 7) is 1.10. The SMILES string of the molecule is CN(C)c1cccc(-c2nc(C3CC(=O)N(Cc4cccc(Cl)c4)C3)no2)c1. The van der Waals surface area contributed by atoms with Gasteiger partial charge in [-0.15, -0.1) is 0 Å². The van der Waals surface area contributed by atoms with Gasteiger partial charge in [0.05, 0.1) is 0 Å². The number of nitrogens with zero attached hydrogens (tertiary/aromatic N) is 4. The molecule has 1 aromatic heterocycles. The van der Waals surface area contributed by atoms with Crippen LogP contribution >= 0.6 is 11.6 Å². The van der Waals surface area contributed by atoms with E-state index in [1.807, 2.05) is 72.4 Å². The van der Waals surface area contributed by atoms with Crippen LogP contribution in [0, 0.1) is 0 Å². The summed E-state index contributed by atoms with van der Waals surface area (Å²) in [6.07, 6.45) is 0.386. The van der Waals surface area contributed by atoms with Crippen LogP contribution in [0.4, 0.5) is 5.69 Å². The normalized spacial score (nSPS) is 16.6. The lowest BCUT2D eigenvalue weighted by molar-refractivity contribution is -0.128. The number of amides is 1. The summed E-state index contributed by atoms with van der Waals surface area (Å²) in [7, 11) is 3.97. The zero-order valence-corrected chi connectivity index (χ0v) is 16.6. The van der Waals surface area contributed by atoms with Crippen molar-refractivity contribution in [2.75, 3.05) is 25.5 Å². The van der Waals surface area contributed by atoms with E-state index < -0.39 is 0 Å². The lowest BCUT2D eigenvalue weighted by atomic mass is 10.1. The van der Waals surface area contributed by atoms with Gasteiger partial charge in [0.25, 0.3) is 5.89 Å². The highest BCUT2D eigenvalue weighted by atomic mass is 35.5. The zero-order valence-electron chi connectivity index (χ0n) is 15.8. The van der Waals surface area contributed by atoms with Crippen LogP contribution in [0.5, 0.6) is 0 Å². The van der Waals surface area contributed by atoms with Gasteiger partial charge in [-0.1, -0.05) is 35.0 Å². The van der Waals surface area contributed by atoms with Gasteiger partial charge in [0.2, 0.25) is 5.91 Å². The van der Waals surface area contributed by atoms with E-state index in [2.05, 4.69) is 10.1 Å². The highest BCUT2D eigenvalue weighted by Crippen LogP contribution is 2.30. The Kier molecular flexibility index (Phi) is 5.05. The molecule has 0 spiro atoms. The van der Waals surface area contributed by atoms with E-state index in [1.54, 1.807) is 0 Å². The Morgan fingerprint density at radius 2 is 2.04 bits per heavy atom. The van der Waals surface area contributed by atoms with E-state index in [4.69, 9.17) is 16.1 Å². The molecular weight excluding hydrogens is 376 g/mol. The highest BCUT2D eigenvalue weighted by Gasteiger charge is 2.33. The number of carbonyl (C=O) groups is 1. The Morgan fingerprint density at radius 3 is 2.82 bits per heavy atom. The molecule has 4 rings (SSSR count). The molecule has 0 bridgehead atoms. The highest BCUT2D eigenvalue weighted by molar-refractivity contribution is 6.30. The largest absolute Gasteiger partial charge is 0.378 e. The Hall–Kier alpha value is -2.86. The Balaban J connectivity index is 1.49. The van der Waals surface area contributed by atoms with Crippen molar-refractivity contribution in [2.45, 2.75) is 18.9 Å². The molecule has 1 aliphatic rings. The molecule has 1 atom stereocenters. The summed E-state index contributed by atoms with van der Waals surface area (Å²) in [5, 5.41) is 4.81. The fourth-order valence-corrected chi connectivity index (χ4v) is 3.60. The van der Waals surface area contributed by atoms with Gasteiger partial charge in [0.15, 0.2) is 5.82 Å². The van der Waals surface area contributed by atoms with Crippen molar-refractivity contribution in [1.82, 2.24) is 15.0 Å². The summed E-state index contributed by atoms with van der Waals surface area (Å²) < 4.78 is 5.48. The number of benzene rings is 2. The van der Waals surface area contributed by atoms with E-state index in [0.717, 1.165) is 16.8 Å². The van der Waals surface area contributed by atoms with Crippen LogP contribution in [0.1, 0.15) is 23.7 Å². The van der Waals surface area contributed by atoms with Gasteiger partial charge in [-0.2, -0.15) is 4.98 Å². The average Bonchev–Trinajstić information content (AvgIpc) is 3.29. The number of rotatable bonds is 5. The predicted molar refractivity (Wildman–Crippen MR) is 108 cm³/mol. The lowest BCUT2D eigenvalue weighted by Gasteiger charge is -2.16. The second-order valence-corrected chi connectivity index (χ2v) is 7.64. The van der Waals surface area contributed by atoms with Gasteiger partial charge in [0.1, 0.15) is 0 Å². The average molecular weight is 397 g/mol. The third-order valence-corrected chi connectivity index (χ3v) is 5.13. The van der Waals surface area contributed by atoms with Crippen molar-refractivity contribution in [3.63, 3.8) is 0 Å². The quantitative estimate of drug-likeness (QED) is 0.653. The Labute approximate surface area is 168 Å². The van der Waals surface area contributed by atoms with Gasteiger partial charge >= 0.3 is 0 Å². The minimum atomic E-state index is -0.0683. The fourth-order valence-electron chi connectivity index (χ4n) is 3.39. The molecule has 1 saturated heterocycles. The molecule has 0 saturated carbocycles. The third-order valence-electron chi connectivity index (χ3n) is 4.89. The summed E-state index contributed by atoms with van der Waals surface area (Å²) in [5.41, 5.74) is 2.93. The number of hydrogen-bond donors (Lipinski definition) is 0. The number of likely N-dealkylation sites (tertiary alicyclic amines) is 1. The Bertz CT molecular complexity index is 1000. The molecule has 1 aliphatic heterocycles. The smallest absolute Gasteiger partial charge is 0.258 e. The monoisotopic (exact) mass is 396 g/mol. The molecule has 7 heteroatoms. The molecule has 3 aromatic rings. The molecule has 144 valence electrons. The van der Waals surface area contributed by atoms with Crippen LogP contribution in [0.3, 0.4) is 0 Å². The number of carbonyl (C=O) groups excluding carboxylic acids is 1.